The first-order valence-corrected chi connectivity index (χ1v) is 8.20. The molecule has 6 nitrogen and oxygen atoms in total. The predicted molar refractivity (Wildman–Crippen MR) is 96.3 cm³/mol. The monoisotopic (exact) mass is 335 g/mol. The van der Waals surface area contributed by atoms with Crippen LogP contribution in [0.25, 0.3) is 5.69 Å². The first-order chi connectivity index (χ1) is 12.1. The van der Waals surface area contributed by atoms with Crippen molar-refractivity contribution >= 4 is 6.03 Å². The molecule has 3 rings (SSSR count). The number of pyridine rings is 1. The van der Waals surface area contributed by atoms with E-state index in [4.69, 9.17) is 0 Å². The molecule has 2 amide bonds. The molecular weight excluding hydrogens is 314 g/mol. The van der Waals surface area contributed by atoms with E-state index < -0.39 is 0 Å². The third-order valence-corrected chi connectivity index (χ3v) is 4.00. The maximum atomic E-state index is 12.3. The Morgan fingerprint density at radius 3 is 2.60 bits per heavy atom. The number of carbonyl (C=O) groups excluding carboxylic acids is 1. The molecule has 3 aromatic rings. The molecule has 0 fully saturated rings. The van der Waals surface area contributed by atoms with Crippen molar-refractivity contribution < 1.29 is 4.79 Å². The van der Waals surface area contributed by atoms with Crippen molar-refractivity contribution in [3.8, 4) is 5.69 Å². The molecule has 0 saturated carbocycles. The van der Waals surface area contributed by atoms with E-state index in [9.17, 15) is 4.79 Å². The predicted octanol–water partition coefficient (Wildman–Crippen LogP) is 3.39. The van der Waals surface area contributed by atoms with Gasteiger partial charge in [0.05, 0.1) is 24.1 Å². The number of hydrogen-bond donors (Lipinski definition) is 2. The molecule has 0 radical (unpaired) electrons. The van der Waals surface area contributed by atoms with Crippen LogP contribution >= 0.6 is 0 Å². The number of carbonyl (C=O) groups is 1. The zero-order valence-electron chi connectivity index (χ0n) is 14.3. The smallest absolute Gasteiger partial charge is 0.315 e. The first-order valence-electron chi connectivity index (χ1n) is 8.20. The summed E-state index contributed by atoms with van der Waals surface area (Å²) in [5.41, 5.74) is 2.85. The lowest BCUT2D eigenvalue weighted by atomic mass is 10.1. The van der Waals surface area contributed by atoms with Gasteiger partial charge in [-0.05, 0) is 43.7 Å². The average Bonchev–Trinajstić information content (AvgIpc) is 3.17. The largest absolute Gasteiger partial charge is 0.332 e. The second kappa shape index (κ2) is 7.61. The minimum absolute atomic E-state index is 0.126. The lowest BCUT2D eigenvalue weighted by molar-refractivity contribution is 0.234. The molecule has 0 spiro atoms. The number of benzene rings is 1. The minimum Gasteiger partial charge on any atom is -0.332 e. The van der Waals surface area contributed by atoms with Gasteiger partial charge in [-0.1, -0.05) is 18.2 Å². The molecule has 1 aromatic carbocycles. The Bertz CT molecular complexity index is 817. The van der Waals surface area contributed by atoms with E-state index in [1.807, 2.05) is 67.1 Å². The Balaban J connectivity index is 1.63. The van der Waals surface area contributed by atoms with Gasteiger partial charge < -0.3 is 15.2 Å². The zero-order chi connectivity index (χ0) is 17.6. The highest BCUT2D eigenvalue weighted by Crippen LogP contribution is 2.17. The average molecular weight is 335 g/mol. The molecule has 0 bridgehead atoms. The first kappa shape index (κ1) is 16.7. The van der Waals surface area contributed by atoms with Gasteiger partial charge in [-0.15, -0.1) is 0 Å². The number of hydrogen-bond acceptors (Lipinski definition) is 3. The fraction of sp³-hybridized carbons (Fsp3) is 0.211. The van der Waals surface area contributed by atoms with Gasteiger partial charge in [0.2, 0.25) is 0 Å². The Morgan fingerprint density at radius 1 is 1.04 bits per heavy atom. The summed E-state index contributed by atoms with van der Waals surface area (Å²) in [5, 5.41) is 5.88. The van der Waals surface area contributed by atoms with Crippen molar-refractivity contribution in [2.45, 2.75) is 25.9 Å². The van der Waals surface area contributed by atoms with Crippen LogP contribution in [-0.2, 0) is 0 Å². The number of nitrogens with one attached hydrogen (secondary N) is 2. The summed E-state index contributed by atoms with van der Waals surface area (Å²) in [6.45, 7) is 3.87. The van der Waals surface area contributed by atoms with E-state index >= 15 is 0 Å². The van der Waals surface area contributed by atoms with Gasteiger partial charge in [0.25, 0.3) is 0 Å². The van der Waals surface area contributed by atoms with Crippen molar-refractivity contribution in [1.29, 1.82) is 0 Å². The fourth-order valence-corrected chi connectivity index (χ4v) is 2.59. The fourth-order valence-electron chi connectivity index (χ4n) is 2.59. The topological polar surface area (TPSA) is 71.8 Å². The highest BCUT2D eigenvalue weighted by atomic mass is 16.2. The summed E-state index contributed by atoms with van der Waals surface area (Å²) < 4.78 is 1.93. The van der Waals surface area contributed by atoms with Gasteiger partial charge in [-0.25, -0.2) is 9.78 Å². The maximum Gasteiger partial charge on any atom is 0.315 e. The van der Waals surface area contributed by atoms with Crippen LogP contribution < -0.4 is 10.6 Å². The van der Waals surface area contributed by atoms with Gasteiger partial charge in [-0.2, -0.15) is 0 Å². The highest BCUT2D eigenvalue weighted by molar-refractivity contribution is 5.74. The molecule has 6 heteroatoms. The van der Waals surface area contributed by atoms with E-state index in [-0.39, 0.29) is 18.1 Å². The molecule has 0 aliphatic carbocycles. The summed E-state index contributed by atoms with van der Waals surface area (Å²) in [6, 6.07) is 13.1. The van der Waals surface area contributed by atoms with Gasteiger partial charge >= 0.3 is 6.03 Å². The van der Waals surface area contributed by atoms with Crippen LogP contribution in [0.5, 0.6) is 0 Å². The summed E-state index contributed by atoms with van der Waals surface area (Å²) in [7, 11) is 0. The Morgan fingerprint density at radius 2 is 1.88 bits per heavy atom. The van der Waals surface area contributed by atoms with Crippen molar-refractivity contribution in [3.63, 3.8) is 0 Å². The van der Waals surface area contributed by atoms with E-state index in [2.05, 4.69) is 20.6 Å². The molecule has 128 valence electrons. The quantitative estimate of drug-likeness (QED) is 0.751. The maximum absolute atomic E-state index is 12.3. The number of aromatic nitrogens is 3. The number of nitrogens with zero attached hydrogens (tertiary/aromatic N) is 3. The Hall–Kier alpha value is -3.15. The lowest BCUT2D eigenvalue weighted by Gasteiger charge is -2.19. The normalized spacial score (nSPS) is 13.0. The van der Waals surface area contributed by atoms with Crippen LogP contribution in [-0.4, -0.2) is 20.6 Å². The third kappa shape index (κ3) is 4.23. The van der Waals surface area contributed by atoms with Crippen LogP contribution in [0.2, 0.25) is 0 Å². The van der Waals surface area contributed by atoms with Crippen molar-refractivity contribution in [2.24, 2.45) is 0 Å². The van der Waals surface area contributed by atoms with Gasteiger partial charge in [0.15, 0.2) is 0 Å². The number of amides is 2. The van der Waals surface area contributed by atoms with Crippen molar-refractivity contribution in [3.05, 3.63) is 78.6 Å². The highest BCUT2D eigenvalue weighted by Gasteiger charge is 2.14. The molecule has 0 unspecified atom stereocenters. The second-order valence-electron chi connectivity index (χ2n) is 5.88. The van der Waals surface area contributed by atoms with Gasteiger partial charge in [-0.3, -0.25) is 4.98 Å². The van der Waals surface area contributed by atoms with Crippen molar-refractivity contribution in [2.75, 3.05) is 0 Å². The third-order valence-electron chi connectivity index (χ3n) is 4.00. The molecule has 0 saturated heterocycles. The molecule has 0 aliphatic rings. The van der Waals surface area contributed by atoms with Gasteiger partial charge in [0, 0.05) is 24.3 Å². The molecular formula is C19H21N5O. The molecule has 2 atom stereocenters. The zero-order valence-corrected chi connectivity index (χ0v) is 14.3. The molecule has 25 heavy (non-hydrogen) atoms. The summed E-state index contributed by atoms with van der Waals surface area (Å²) >= 11 is 0. The van der Waals surface area contributed by atoms with Crippen LogP contribution in [0.3, 0.4) is 0 Å². The standard InChI is InChI=1S/C19H21N5O/c1-14(16-6-5-7-17(12-16)24-11-10-20-13-24)22-19(25)23-15(2)18-8-3-4-9-21-18/h3-15H,1-2H3,(H2,22,23,25)/t14-,15-/m0/s1. The summed E-state index contributed by atoms with van der Waals surface area (Å²) in [5.74, 6) is 0. The van der Waals surface area contributed by atoms with E-state index in [0.717, 1.165) is 16.9 Å². The second-order valence-corrected chi connectivity index (χ2v) is 5.88. The number of imidazole rings is 1. The van der Waals surface area contributed by atoms with E-state index in [1.54, 1.807) is 18.7 Å². The van der Waals surface area contributed by atoms with Crippen LogP contribution in [0, 0.1) is 0 Å². The molecule has 2 heterocycles. The molecule has 0 aliphatic heterocycles. The Kier molecular flexibility index (Phi) is 5.09. The Labute approximate surface area is 146 Å². The molecule has 2 N–H and O–H groups in total. The van der Waals surface area contributed by atoms with E-state index in [1.165, 1.54) is 0 Å². The van der Waals surface area contributed by atoms with Gasteiger partial charge in [0.1, 0.15) is 0 Å². The molecule has 2 aromatic heterocycles. The minimum atomic E-state index is -0.223. The summed E-state index contributed by atoms with van der Waals surface area (Å²) in [6.07, 6.45) is 7.09. The van der Waals surface area contributed by atoms with Crippen LogP contribution in [0.15, 0.2) is 67.4 Å². The number of rotatable bonds is 5. The van der Waals surface area contributed by atoms with Crippen LogP contribution in [0.1, 0.15) is 37.2 Å². The van der Waals surface area contributed by atoms with Crippen molar-refractivity contribution in [1.82, 2.24) is 25.2 Å². The van der Waals surface area contributed by atoms with E-state index in [0.29, 0.717) is 0 Å². The number of urea groups is 1. The van der Waals surface area contributed by atoms with Crippen LogP contribution in [0.4, 0.5) is 4.79 Å². The lowest BCUT2D eigenvalue weighted by Crippen LogP contribution is -2.38. The SMILES string of the molecule is C[C@H](NC(=O)N[C@@H](C)c1ccccn1)c1cccc(-n2ccnc2)c1. The summed E-state index contributed by atoms with van der Waals surface area (Å²) in [4.78, 5) is 20.6.